The maximum atomic E-state index is 12.5. The molecular weight excluding hydrogens is 386 g/mol. The smallest absolute Gasteiger partial charge is 0.322 e. The molecule has 12 heteroatoms. The average molecular weight is 417 g/mol. The molecule has 0 spiro atoms. The second-order valence-corrected chi connectivity index (χ2v) is 6.89. The van der Waals surface area contributed by atoms with Gasteiger partial charge in [-0.3, -0.25) is 24.0 Å². The molecule has 0 heterocycles. The largest absolute Gasteiger partial charge is 0.481 e. The van der Waals surface area contributed by atoms with Crippen molar-refractivity contribution >= 4 is 29.7 Å². The van der Waals surface area contributed by atoms with Crippen LogP contribution in [0.25, 0.3) is 0 Å². The summed E-state index contributed by atoms with van der Waals surface area (Å²) < 4.78 is 0. The summed E-state index contributed by atoms with van der Waals surface area (Å²) in [6.45, 7) is 3.04. The summed E-state index contributed by atoms with van der Waals surface area (Å²) in [5, 5.41) is 24.5. The maximum absolute atomic E-state index is 12.5. The normalized spacial score (nSPS) is 13.8. The lowest BCUT2D eigenvalue weighted by Gasteiger charge is -2.25. The van der Waals surface area contributed by atoms with Crippen LogP contribution >= 0.6 is 0 Å². The van der Waals surface area contributed by atoms with E-state index >= 15 is 0 Å². The van der Waals surface area contributed by atoms with Crippen molar-refractivity contribution in [1.82, 2.24) is 16.0 Å². The highest BCUT2D eigenvalue weighted by Crippen LogP contribution is 2.05. The summed E-state index contributed by atoms with van der Waals surface area (Å²) in [6, 6.07) is -3.51. The number of nitrogens with one attached hydrogen (secondary N) is 3. The SMILES string of the molecule is CC(C)C(NC(=O)C(CC(=O)O)NC(=O)C(N)CCCCN)C(=O)NCC(=O)O. The van der Waals surface area contributed by atoms with Gasteiger partial charge in [-0.1, -0.05) is 20.3 Å². The molecular formula is C17H31N5O7. The lowest BCUT2D eigenvalue weighted by molar-refractivity contribution is -0.142. The third-order valence-corrected chi connectivity index (χ3v) is 3.98. The molecule has 0 aromatic heterocycles. The molecule has 3 amide bonds. The van der Waals surface area contributed by atoms with E-state index in [1.165, 1.54) is 0 Å². The van der Waals surface area contributed by atoms with Crippen molar-refractivity contribution in [2.45, 2.75) is 57.7 Å². The van der Waals surface area contributed by atoms with Gasteiger partial charge in [0, 0.05) is 0 Å². The van der Waals surface area contributed by atoms with Crippen LogP contribution in [0.2, 0.25) is 0 Å². The number of carbonyl (C=O) groups is 5. The lowest BCUT2D eigenvalue weighted by atomic mass is 10.0. The van der Waals surface area contributed by atoms with E-state index in [1.807, 2.05) is 0 Å². The Morgan fingerprint density at radius 3 is 2.00 bits per heavy atom. The fourth-order valence-electron chi connectivity index (χ4n) is 2.36. The monoisotopic (exact) mass is 417 g/mol. The molecule has 0 aliphatic carbocycles. The van der Waals surface area contributed by atoms with E-state index in [0.29, 0.717) is 25.8 Å². The van der Waals surface area contributed by atoms with E-state index in [4.69, 9.17) is 21.7 Å². The Morgan fingerprint density at radius 2 is 1.52 bits per heavy atom. The Balaban J connectivity index is 5.11. The zero-order valence-electron chi connectivity index (χ0n) is 16.6. The van der Waals surface area contributed by atoms with Gasteiger partial charge in [-0.05, 0) is 25.3 Å². The summed E-state index contributed by atoms with van der Waals surface area (Å²) in [6.07, 6.45) is 0.868. The zero-order chi connectivity index (χ0) is 22.6. The van der Waals surface area contributed by atoms with Crippen molar-refractivity contribution in [3.8, 4) is 0 Å². The minimum Gasteiger partial charge on any atom is -0.481 e. The van der Waals surface area contributed by atoms with E-state index in [1.54, 1.807) is 13.8 Å². The molecule has 29 heavy (non-hydrogen) atoms. The highest BCUT2D eigenvalue weighted by atomic mass is 16.4. The van der Waals surface area contributed by atoms with Crippen LogP contribution in [0.3, 0.4) is 0 Å². The van der Waals surface area contributed by atoms with E-state index in [9.17, 15) is 24.0 Å². The van der Waals surface area contributed by atoms with Crippen LogP contribution in [0.5, 0.6) is 0 Å². The second-order valence-electron chi connectivity index (χ2n) is 6.89. The number of carboxylic acids is 2. The third kappa shape index (κ3) is 11.0. The molecule has 0 saturated carbocycles. The molecule has 0 saturated heterocycles. The third-order valence-electron chi connectivity index (χ3n) is 3.98. The molecule has 3 unspecified atom stereocenters. The first kappa shape index (κ1) is 26.3. The highest BCUT2D eigenvalue weighted by Gasteiger charge is 2.31. The molecule has 12 nitrogen and oxygen atoms in total. The number of carbonyl (C=O) groups excluding carboxylic acids is 3. The Bertz CT molecular complexity index is 597. The molecule has 3 atom stereocenters. The van der Waals surface area contributed by atoms with Crippen molar-refractivity contribution in [3.63, 3.8) is 0 Å². The molecule has 0 aromatic carbocycles. The lowest BCUT2D eigenvalue weighted by Crippen LogP contribution is -2.57. The van der Waals surface area contributed by atoms with Gasteiger partial charge in [-0.2, -0.15) is 0 Å². The molecule has 0 aliphatic rings. The van der Waals surface area contributed by atoms with Crippen molar-refractivity contribution in [2.75, 3.05) is 13.1 Å². The number of amides is 3. The number of rotatable bonds is 14. The average Bonchev–Trinajstić information content (AvgIpc) is 2.62. The van der Waals surface area contributed by atoms with Gasteiger partial charge in [0.05, 0.1) is 12.5 Å². The van der Waals surface area contributed by atoms with Gasteiger partial charge in [0.1, 0.15) is 18.6 Å². The Hall–Kier alpha value is -2.73. The summed E-state index contributed by atoms with van der Waals surface area (Å²) >= 11 is 0. The fraction of sp³-hybridized carbons (Fsp3) is 0.706. The fourth-order valence-corrected chi connectivity index (χ4v) is 2.36. The highest BCUT2D eigenvalue weighted by molar-refractivity contribution is 5.95. The van der Waals surface area contributed by atoms with Crippen LogP contribution in [0.15, 0.2) is 0 Å². The van der Waals surface area contributed by atoms with Gasteiger partial charge in [0.2, 0.25) is 17.7 Å². The summed E-state index contributed by atoms with van der Waals surface area (Å²) in [5.41, 5.74) is 11.1. The molecule has 0 aliphatic heterocycles. The first-order valence-corrected chi connectivity index (χ1v) is 9.27. The minimum absolute atomic E-state index is 0.316. The first-order valence-electron chi connectivity index (χ1n) is 9.27. The van der Waals surface area contributed by atoms with Gasteiger partial charge < -0.3 is 37.6 Å². The number of hydrogen-bond acceptors (Lipinski definition) is 7. The van der Waals surface area contributed by atoms with E-state index in [0.717, 1.165) is 0 Å². The van der Waals surface area contributed by atoms with Crippen LogP contribution in [0, 0.1) is 5.92 Å². The Morgan fingerprint density at radius 1 is 0.897 bits per heavy atom. The van der Waals surface area contributed by atoms with E-state index < -0.39 is 66.7 Å². The van der Waals surface area contributed by atoms with E-state index in [-0.39, 0.29) is 0 Å². The summed E-state index contributed by atoms with van der Waals surface area (Å²) in [5.74, 6) is -5.34. The number of carboxylic acid groups (broad SMARTS) is 2. The Labute approximate surface area is 168 Å². The molecule has 0 fully saturated rings. The van der Waals surface area contributed by atoms with Crippen molar-refractivity contribution in [2.24, 2.45) is 17.4 Å². The number of unbranched alkanes of at least 4 members (excludes halogenated alkanes) is 1. The quantitative estimate of drug-likeness (QED) is 0.152. The van der Waals surface area contributed by atoms with Gasteiger partial charge in [-0.15, -0.1) is 0 Å². The molecule has 0 radical (unpaired) electrons. The van der Waals surface area contributed by atoms with Gasteiger partial charge in [0.15, 0.2) is 0 Å². The van der Waals surface area contributed by atoms with Crippen molar-refractivity contribution < 1.29 is 34.2 Å². The number of aliphatic carboxylic acids is 2. The molecule has 0 rings (SSSR count). The maximum Gasteiger partial charge on any atom is 0.322 e. The van der Waals surface area contributed by atoms with Crippen molar-refractivity contribution in [3.05, 3.63) is 0 Å². The van der Waals surface area contributed by atoms with Crippen LogP contribution in [-0.2, 0) is 24.0 Å². The predicted molar refractivity (Wildman–Crippen MR) is 102 cm³/mol. The second kappa shape index (κ2) is 13.4. The van der Waals surface area contributed by atoms with Crippen LogP contribution < -0.4 is 27.4 Å². The van der Waals surface area contributed by atoms with Gasteiger partial charge in [-0.25, -0.2) is 0 Å². The predicted octanol–water partition coefficient (Wildman–Crippen LogP) is -2.26. The molecule has 9 N–H and O–H groups in total. The molecule has 0 bridgehead atoms. The first-order chi connectivity index (χ1) is 13.5. The van der Waals surface area contributed by atoms with Crippen LogP contribution in [0.4, 0.5) is 0 Å². The summed E-state index contributed by atoms with van der Waals surface area (Å²) in [4.78, 5) is 58.5. The minimum atomic E-state index is -1.45. The number of hydrogen-bond donors (Lipinski definition) is 7. The molecule has 166 valence electrons. The number of nitrogens with two attached hydrogens (primary N) is 2. The van der Waals surface area contributed by atoms with E-state index in [2.05, 4.69) is 16.0 Å². The van der Waals surface area contributed by atoms with Crippen molar-refractivity contribution in [1.29, 1.82) is 0 Å². The van der Waals surface area contributed by atoms with Gasteiger partial charge in [0.25, 0.3) is 0 Å². The van der Waals surface area contributed by atoms with Gasteiger partial charge >= 0.3 is 11.9 Å². The van der Waals surface area contributed by atoms with Crippen LogP contribution in [-0.4, -0.2) is 71.1 Å². The molecule has 0 aromatic rings. The topological polar surface area (TPSA) is 214 Å². The standard InChI is InChI=1S/C17H31N5O7/c1-9(2)14(17(29)20-8-13(25)26)22-16(28)11(7-12(23)24)21-15(27)10(19)5-3-4-6-18/h9-11,14H,3-8,18-19H2,1-2H3,(H,20,29)(H,21,27)(H,22,28)(H,23,24)(H,25,26). The zero-order valence-corrected chi connectivity index (χ0v) is 16.6. The van der Waals surface area contributed by atoms with Crippen LogP contribution in [0.1, 0.15) is 39.5 Å². The Kier molecular flexibility index (Phi) is 12.2. The summed E-state index contributed by atoms with van der Waals surface area (Å²) in [7, 11) is 0.